The predicted molar refractivity (Wildman–Crippen MR) is 50.8 cm³/mol. The maximum atomic E-state index is 9.43. The number of hydrogen-bond acceptors (Lipinski definition) is 2. The zero-order valence-corrected chi connectivity index (χ0v) is 7.95. The predicted octanol–water partition coefficient (Wildman–Crippen LogP) is 2.45. The van der Waals surface area contributed by atoms with Gasteiger partial charge in [0.2, 0.25) is 0 Å². The topological polar surface area (TPSA) is 40.5 Å². The lowest BCUT2D eigenvalue weighted by Gasteiger charge is -2.19. The standard InChI is InChI=1S/C10H19O2/c1-4-6-7-9(5-2)10(12)8(3)11/h7,9-12H,3-6H2,1-2H3. The second-order valence-electron chi connectivity index (χ2n) is 3.03. The molecule has 0 aromatic rings. The molecule has 0 bridgehead atoms. The van der Waals surface area contributed by atoms with E-state index in [9.17, 15) is 5.11 Å². The first kappa shape index (κ1) is 11.5. The number of aliphatic hydroxyl groups excluding tert-OH is 2. The Kier molecular flexibility index (Phi) is 5.81. The highest BCUT2D eigenvalue weighted by Crippen LogP contribution is 2.18. The molecule has 0 aromatic heterocycles. The normalized spacial score (nSPS) is 15.6. The van der Waals surface area contributed by atoms with E-state index >= 15 is 0 Å². The van der Waals surface area contributed by atoms with Gasteiger partial charge in [0.1, 0.15) is 11.9 Å². The van der Waals surface area contributed by atoms with Crippen molar-refractivity contribution >= 4 is 0 Å². The van der Waals surface area contributed by atoms with Crippen LogP contribution in [0.4, 0.5) is 0 Å². The van der Waals surface area contributed by atoms with Gasteiger partial charge in [-0.3, -0.25) is 0 Å². The molecule has 0 saturated heterocycles. The van der Waals surface area contributed by atoms with Crippen LogP contribution in [0.3, 0.4) is 0 Å². The molecule has 0 fully saturated rings. The van der Waals surface area contributed by atoms with Crippen LogP contribution in [0.25, 0.3) is 0 Å². The minimum atomic E-state index is -0.790. The molecule has 2 N–H and O–H groups in total. The van der Waals surface area contributed by atoms with E-state index < -0.39 is 6.10 Å². The third kappa shape index (κ3) is 3.77. The SMILES string of the molecule is C=C(O)C(O)C([CH]CCC)CC. The van der Waals surface area contributed by atoms with E-state index in [0.717, 1.165) is 19.3 Å². The zero-order valence-electron chi connectivity index (χ0n) is 7.95. The van der Waals surface area contributed by atoms with Crippen LogP contribution in [-0.2, 0) is 0 Å². The average Bonchev–Trinajstić information content (AvgIpc) is 2.05. The first-order valence-corrected chi connectivity index (χ1v) is 4.52. The van der Waals surface area contributed by atoms with Gasteiger partial charge < -0.3 is 10.2 Å². The van der Waals surface area contributed by atoms with Crippen LogP contribution < -0.4 is 0 Å². The molecule has 2 nitrogen and oxygen atoms in total. The Balaban J connectivity index is 3.87. The summed E-state index contributed by atoms with van der Waals surface area (Å²) in [5.74, 6) is -0.0864. The second kappa shape index (κ2) is 6.06. The number of unbranched alkanes of at least 4 members (excludes halogenated alkanes) is 1. The summed E-state index contributed by atoms with van der Waals surface area (Å²) < 4.78 is 0. The largest absolute Gasteiger partial charge is 0.510 e. The molecule has 2 atom stereocenters. The summed E-state index contributed by atoms with van der Waals surface area (Å²) in [7, 11) is 0. The highest BCUT2D eigenvalue weighted by atomic mass is 16.3. The number of aliphatic hydroxyl groups is 2. The fourth-order valence-corrected chi connectivity index (χ4v) is 1.15. The lowest BCUT2D eigenvalue weighted by molar-refractivity contribution is 0.107. The van der Waals surface area contributed by atoms with Crippen molar-refractivity contribution in [2.45, 2.75) is 39.2 Å². The summed E-state index contributed by atoms with van der Waals surface area (Å²) >= 11 is 0. The van der Waals surface area contributed by atoms with Gasteiger partial charge in [0, 0.05) is 0 Å². The molecule has 0 aromatic carbocycles. The van der Waals surface area contributed by atoms with Crippen molar-refractivity contribution in [2.24, 2.45) is 5.92 Å². The first-order valence-electron chi connectivity index (χ1n) is 4.52. The molecular formula is C10H19O2. The molecule has 0 aliphatic rings. The van der Waals surface area contributed by atoms with Crippen LogP contribution >= 0.6 is 0 Å². The van der Waals surface area contributed by atoms with Gasteiger partial charge in [-0.2, -0.15) is 0 Å². The Hall–Kier alpha value is -0.500. The van der Waals surface area contributed by atoms with E-state index in [-0.39, 0.29) is 11.7 Å². The van der Waals surface area contributed by atoms with Crippen molar-refractivity contribution < 1.29 is 10.2 Å². The summed E-state index contributed by atoms with van der Waals surface area (Å²) in [5.41, 5.74) is 0. The minimum Gasteiger partial charge on any atom is -0.510 e. The maximum absolute atomic E-state index is 9.43. The minimum absolute atomic E-state index is 0.0439. The summed E-state index contributed by atoms with van der Waals surface area (Å²) in [6.07, 6.45) is 4.14. The van der Waals surface area contributed by atoms with E-state index in [2.05, 4.69) is 13.5 Å². The zero-order chi connectivity index (χ0) is 9.56. The molecule has 0 aliphatic heterocycles. The summed E-state index contributed by atoms with van der Waals surface area (Å²) in [6.45, 7) is 7.39. The van der Waals surface area contributed by atoms with Crippen molar-refractivity contribution in [3.05, 3.63) is 18.8 Å². The highest BCUT2D eigenvalue weighted by Gasteiger charge is 2.18. The Bertz CT molecular complexity index is 132. The van der Waals surface area contributed by atoms with Crippen LogP contribution in [0.15, 0.2) is 12.3 Å². The van der Waals surface area contributed by atoms with Crippen LogP contribution in [0.5, 0.6) is 0 Å². The molecule has 0 saturated carbocycles. The fraction of sp³-hybridized carbons (Fsp3) is 0.700. The van der Waals surface area contributed by atoms with Gasteiger partial charge in [0.25, 0.3) is 0 Å². The van der Waals surface area contributed by atoms with Crippen LogP contribution in [0.1, 0.15) is 33.1 Å². The van der Waals surface area contributed by atoms with Crippen molar-refractivity contribution in [1.29, 1.82) is 0 Å². The molecule has 12 heavy (non-hydrogen) atoms. The first-order chi connectivity index (χ1) is 5.63. The number of hydrogen-bond donors (Lipinski definition) is 2. The summed E-state index contributed by atoms with van der Waals surface area (Å²) in [5, 5.41) is 18.4. The summed E-state index contributed by atoms with van der Waals surface area (Å²) in [4.78, 5) is 0. The third-order valence-electron chi connectivity index (χ3n) is 1.98. The molecular weight excluding hydrogens is 152 g/mol. The molecule has 0 aliphatic carbocycles. The van der Waals surface area contributed by atoms with Crippen LogP contribution in [-0.4, -0.2) is 16.3 Å². The van der Waals surface area contributed by atoms with Crippen molar-refractivity contribution in [3.63, 3.8) is 0 Å². The van der Waals surface area contributed by atoms with Gasteiger partial charge in [-0.15, -0.1) is 0 Å². The van der Waals surface area contributed by atoms with E-state index in [4.69, 9.17) is 5.11 Å². The van der Waals surface area contributed by atoms with E-state index in [1.165, 1.54) is 0 Å². The molecule has 71 valence electrons. The maximum Gasteiger partial charge on any atom is 0.114 e. The monoisotopic (exact) mass is 171 g/mol. The van der Waals surface area contributed by atoms with E-state index in [1.807, 2.05) is 13.3 Å². The molecule has 2 heteroatoms. The van der Waals surface area contributed by atoms with Gasteiger partial charge >= 0.3 is 0 Å². The third-order valence-corrected chi connectivity index (χ3v) is 1.98. The molecule has 2 unspecified atom stereocenters. The summed E-state index contributed by atoms with van der Waals surface area (Å²) in [6, 6.07) is 0. The van der Waals surface area contributed by atoms with Gasteiger partial charge in [-0.05, 0) is 12.3 Å². The molecule has 0 spiro atoms. The Morgan fingerprint density at radius 1 is 1.50 bits per heavy atom. The second-order valence-corrected chi connectivity index (χ2v) is 3.03. The van der Waals surface area contributed by atoms with Crippen molar-refractivity contribution in [3.8, 4) is 0 Å². The smallest absolute Gasteiger partial charge is 0.114 e. The van der Waals surface area contributed by atoms with Gasteiger partial charge in [0.05, 0.1) is 0 Å². The van der Waals surface area contributed by atoms with Gasteiger partial charge in [-0.1, -0.05) is 39.7 Å². The van der Waals surface area contributed by atoms with E-state index in [0.29, 0.717) is 0 Å². The van der Waals surface area contributed by atoms with Crippen molar-refractivity contribution in [1.82, 2.24) is 0 Å². The molecule has 0 rings (SSSR count). The van der Waals surface area contributed by atoms with Crippen LogP contribution in [0, 0.1) is 12.3 Å². The van der Waals surface area contributed by atoms with Gasteiger partial charge in [-0.25, -0.2) is 0 Å². The Morgan fingerprint density at radius 2 is 2.08 bits per heavy atom. The molecule has 1 radical (unpaired) electrons. The Morgan fingerprint density at radius 3 is 2.42 bits per heavy atom. The quantitative estimate of drug-likeness (QED) is 0.603. The highest BCUT2D eigenvalue weighted by molar-refractivity contribution is 4.97. The Labute approximate surface area is 74.9 Å². The number of rotatable bonds is 6. The van der Waals surface area contributed by atoms with Crippen molar-refractivity contribution in [2.75, 3.05) is 0 Å². The molecule has 0 amide bonds. The average molecular weight is 171 g/mol. The fourth-order valence-electron chi connectivity index (χ4n) is 1.15. The lowest BCUT2D eigenvalue weighted by atomic mass is 9.93. The molecule has 0 heterocycles. The van der Waals surface area contributed by atoms with Crippen LogP contribution in [0.2, 0.25) is 0 Å². The van der Waals surface area contributed by atoms with E-state index in [1.54, 1.807) is 0 Å². The van der Waals surface area contributed by atoms with Gasteiger partial charge in [0.15, 0.2) is 0 Å². The lowest BCUT2D eigenvalue weighted by Crippen LogP contribution is -2.22.